The first-order valence-electron chi connectivity index (χ1n) is 7.10. The van der Waals surface area contributed by atoms with Crippen molar-refractivity contribution in [3.63, 3.8) is 0 Å². The molecule has 0 aromatic rings. The lowest BCUT2D eigenvalue weighted by atomic mass is 9.78. The van der Waals surface area contributed by atoms with Crippen molar-refractivity contribution in [1.82, 2.24) is 5.32 Å². The molecule has 0 amide bonds. The third-order valence-electron chi connectivity index (χ3n) is 4.66. The van der Waals surface area contributed by atoms with Crippen LogP contribution < -0.4 is 11.1 Å². The Balaban J connectivity index is 2.37. The summed E-state index contributed by atoms with van der Waals surface area (Å²) >= 11 is 0. The number of nitrogens with one attached hydrogen (secondary N) is 1. The molecule has 0 aromatic heterocycles. The maximum atomic E-state index is 8.74. The monoisotopic (exact) mass is 255 g/mol. The number of rotatable bonds is 5. The van der Waals surface area contributed by atoms with E-state index < -0.39 is 0 Å². The van der Waals surface area contributed by atoms with Gasteiger partial charge in [-0.15, -0.1) is 0 Å². The van der Waals surface area contributed by atoms with Gasteiger partial charge in [0.2, 0.25) is 0 Å². The molecule has 4 heteroatoms. The molecule has 3 unspecified atom stereocenters. The van der Waals surface area contributed by atoms with E-state index in [-0.39, 0.29) is 5.41 Å². The van der Waals surface area contributed by atoms with Gasteiger partial charge in [-0.3, -0.25) is 0 Å². The summed E-state index contributed by atoms with van der Waals surface area (Å²) < 4.78 is 0. The van der Waals surface area contributed by atoms with Crippen LogP contribution in [0, 0.1) is 17.3 Å². The van der Waals surface area contributed by atoms with E-state index in [0.29, 0.717) is 11.9 Å². The molecule has 0 spiro atoms. The Labute approximate surface area is 111 Å². The predicted octanol–water partition coefficient (Wildman–Crippen LogP) is 2.56. The lowest BCUT2D eigenvalue weighted by Crippen LogP contribution is -2.43. The van der Waals surface area contributed by atoms with Crippen LogP contribution in [0.4, 0.5) is 0 Å². The standard InChI is InChI=1S/C14H29N3O/c1-10-6-5-7-12(11(10)2)16-9-8-14(3,4)13(15)17-18/h10-12,16,18H,5-9H2,1-4H3,(H2,15,17). The van der Waals surface area contributed by atoms with Crippen LogP contribution in [-0.2, 0) is 0 Å². The molecule has 1 fully saturated rings. The average Bonchev–Trinajstić information content (AvgIpc) is 2.33. The Morgan fingerprint density at radius 2 is 2.06 bits per heavy atom. The number of nitrogens with two attached hydrogens (primary N) is 1. The molecule has 1 aliphatic rings. The minimum atomic E-state index is -0.245. The van der Waals surface area contributed by atoms with E-state index in [4.69, 9.17) is 10.9 Å². The summed E-state index contributed by atoms with van der Waals surface area (Å²) in [5, 5.41) is 15.5. The smallest absolute Gasteiger partial charge is 0.144 e. The van der Waals surface area contributed by atoms with E-state index >= 15 is 0 Å². The molecule has 0 aromatic carbocycles. The zero-order chi connectivity index (χ0) is 13.8. The molecule has 4 N–H and O–H groups in total. The van der Waals surface area contributed by atoms with Crippen LogP contribution in [0.2, 0.25) is 0 Å². The fraction of sp³-hybridized carbons (Fsp3) is 0.929. The van der Waals surface area contributed by atoms with Crippen LogP contribution in [0.1, 0.15) is 53.4 Å². The summed E-state index contributed by atoms with van der Waals surface area (Å²) in [5.74, 6) is 1.87. The highest BCUT2D eigenvalue weighted by Crippen LogP contribution is 2.29. The molecule has 0 saturated heterocycles. The van der Waals surface area contributed by atoms with Crippen LogP contribution in [0.25, 0.3) is 0 Å². The second-order valence-electron chi connectivity index (χ2n) is 6.45. The van der Waals surface area contributed by atoms with Crippen LogP contribution in [0.15, 0.2) is 5.16 Å². The molecule has 1 aliphatic carbocycles. The number of nitrogens with zero attached hydrogens (tertiary/aromatic N) is 1. The molecule has 1 rings (SSSR count). The van der Waals surface area contributed by atoms with Crippen molar-refractivity contribution in [2.24, 2.45) is 28.1 Å². The van der Waals surface area contributed by atoms with Crippen LogP contribution in [0.5, 0.6) is 0 Å². The van der Waals surface area contributed by atoms with Gasteiger partial charge in [0.1, 0.15) is 5.84 Å². The summed E-state index contributed by atoms with van der Waals surface area (Å²) in [4.78, 5) is 0. The van der Waals surface area contributed by atoms with Crippen molar-refractivity contribution >= 4 is 5.84 Å². The van der Waals surface area contributed by atoms with Crippen molar-refractivity contribution in [3.8, 4) is 0 Å². The second kappa shape index (κ2) is 6.41. The van der Waals surface area contributed by atoms with Gasteiger partial charge in [0.05, 0.1) is 0 Å². The zero-order valence-electron chi connectivity index (χ0n) is 12.2. The van der Waals surface area contributed by atoms with Crippen molar-refractivity contribution < 1.29 is 5.21 Å². The topological polar surface area (TPSA) is 70.6 Å². The highest BCUT2D eigenvalue weighted by atomic mass is 16.4. The van der Waals surface area contributed by atoms with Gasteiger partial charge in [0, 0.05) is 11.5 Å². The van der Waals surface area contributed by atoms with E-state index in [0.717, 1.165) is 24.8 Å². The molecular formula is C14H29N3O. The largest absolute Gasteiger partial charge is 0.409 e. The molecule has 0 bridgehead atoms. The summed E-state index contributed by atoms with van der Waals surface area (Å²) in [6.45, 7) is 9.63. The van der Waals surface area contributed by atoms with Gasteiger partial charge < -0.3 is 16.3 Å². The quantitative estimate of drug-likeness (QED) is 0.306. The highest BCUT2D eigenvalue weighted by Gasteiger charge is 2.28. The fourth-order valence-electron chi connectivity index (χ4n) is 2.70. The first kappa shape index (κ1) is 15.3. The Kier molecular flexibility index (Phi) is 5.45. The van der Waals surface area contributed by atoms with E-state index in [1.54, 1.807) is 0 Å². The molecule has 3 atom stereocenters. The molecule has 1 saturated carbocycles. The number of amidine groups is 1. The maximum Gasteiger partial charge on any atom is 0.144 e. The van der Waals surface area contributed by atoms with E-state index in [1.807, 2.05) is 13.8 Å². The first-order chi connectivity index (χ1) is 8.38. The Bertz CT molecular complexity index is 289. The van der Waals surface area contributed by atoms with Gasteiger partial charge in [-0.2, -0.15) is 0 Å². The SMILES string of the molecule is CC1CCCC(NCCC(C)(C)C(N)=NO)C1C. The summed E-state index contributed by atoms with van der Waals surface area (Å²) in [7, 11) is 0. The average molecular weight is 255 g/mol. The molecule has 0 radical (unpaired) electrons. The summed E-state index contributed by atoms with van der Waals surface area (Å²) in [5.41, 5.74) is 5.45. The molecule has 106 valence electrons. The molecule has 0 heterocycles. The van der Waals surface area contributed by atoms with Gasteiger partial charge in [0.25, 0.3) is 0 Å². The van der Waals surface area contributed by atoms with Crippen LogP contribution >= 0.6 is 0 Å². The maximum absolute atomic E-state index is 8.74. The third kappa shape index (κ3) is 3.87. The van der Waals surface area contributed by atoms with Crippen molar-refractivity contribution in [3.05, 3.63) is 0 Å². The van der Waals surface area contributed by atoms with E-state index in [9.17, 15) is 0 Å². The normalized spacial score (nSPS) is 30.4. The van der Waals surface area contributed by atoms with Crippen LogP contribution in [0.3, 0.4) is 0 Å². The Hall–Kier alpha value is -0.770. The van der Waals surface area contributed by atoms with E-state index in [2.05, 4.69) is 24.3 Å². The van der Waals surface area contributed by atoms with Gasteiger partial charge in [-0.25, -0.2) is 0 Å². The highest BCUT2D eigenvalue weighted by molar-refractivity contribution is 5.85. The predicted molar refractivity (Wildman–Crippen MR) is 75.8 cm³/mol. The minimum absolute atomic E-state index is 0.245. The van der Waals surface area contributed by atoms with Crippen LogP contribution in [-0.4, -0.2) is 23.6 Å². The number of hydrogen-bond acceptors (Lipinski definition) is 3. The lowest BCUT2D eigenvalue weighted by molar-refractivity contribution is 0.203. The lowest BCUT2D eigenvalue weighted by Gasteiger charge is -2.35. The Morgan fingerprint density at radius 1 is 1.39 bits per heavy atom. The van der Waals surface area contributed by atoms with Gasteiger partial charge in [-0.1, -0.05) is 45.7 Å². The minimum Gasteiger partial charge on any atom is -0.409 e. The summed E-state index contributed by atoms with van der Waals surface area (Å²) in [6, 6.07) is 0.622. The van der Waals surface area contributed by atoms with Crippen molar-refractivity contribution in [2.45, 2.75) is 59.4 Å². The molecular weight excluding hydrogens is 226 g/mol. The zero-order valence-corrected chi connectivity index (χ0v) is 12.2. The summed E-state index contributed by atoms with van der Waals surface area (Å²) in [6.07, 6.45) is 4.85. The van der Waals surface area contributed by atoms with Gasteiger partial charge in [0.15, 0.2) is 0 Å². The first-order valence-corrected chi connectivity index (χ1v) is 7.10. The molecule has 0 aliphatic heterocycles. The Morgan fingerprint density at radius 3 is 2.67 bits per heavy atom. The fourth-order valence-corrected chi connectivity index (χ4v) is 2.70. The van der Waals surface area contributed by atoms with Crippen molar-refractivity contribution in [1.29, 1.82) is 0 Å². The van der Waals surface area contributed by atoms with Gasteiger partial charge >= 0.3 is 0 Å². The molecule has 4 nitrogen and oxygen atoms in total. The second-order valence-corrected chi connectivity index (χ2v) is 6.45. The third-order valence-corrected chi connectivity index (χ3v) is 4.66. The number of hydrogen-bond donors (Lipinski definition) is 3. The number of oxime groups is 1. The molecule has 18 heavy (non-hydrogen) atoms. The van der Waals surface area contributed by atoms with Crippen molar-refractivity contribution in [2.75, 3.05) is 6.54 Å². The van der Waals surface area contributed by atoms with E-state index in [1.165, 1.54) is 19.3 Å². The van der Waals surface area contributed by atoms with Gasteiger partial charge in [-0.05, 0) is 31.2 Å².